The van der Waals surface area contributed by atoms with Crippen LogP contribution in [0.3, 0.4) is 0 Å². The maximum absolute atomic E-state index is 13.7. The fraction of sp³-hybridized carbons (Fsp3) is 0.562. The molecule has 1 aliphatic rings. The molecule has 1 amide bonds. The first-order valence-electron chi connectivity index (χ1n) is 7.35. The van der Waals surface area contributed by atoms with Gasteiger partial charge in [-0.1, -0.05) is 0 Å². The van der Waals surface area contributed by atoms with E-state index in [4.69, 9.17) is 5.73 Å². The number of hydrogen-bond acceptors (Lipinski definition) is 3. The molecule has 1 aliphatic heterocycles. The number of likely N-dealkylation sites (tertiary alicyclic amines) is 1. The van der Waals surface area contributed by atoms with Crippen molar-refractivity contribution in [3.8, 4) is 0 Å². The van der Waals surface area contributed by atoms with Crippen molar-refractivity contribution in [1.29, 1.82) is 0 Å². The van der Waals surface area contributed by atoms with E-state index in [2.05, 4.69) is 0 Å². The summed E-state index contributed by atoms with van der Waals surface area (Å²) in [7, 11) is 0. The summed E-state index contributed by atoms with van der Waals surface area (Å²) in [6.07, 6.45) is 3.98. The summed E-state index contributed by atoms with van der Waals surface area (Å²) in [6, 6.07) is 4.76. The highest BCUT2D eigenvalue weighted by Gasteiger charge is 2.26. The Morgan fingerprint density at radius 2 is 2.33 bits per heavy atom. The van der Waals surface area contributed by atoms with E-state index in [-0.39, 0.29) is 17.8 Å². The Morgan fingerprint density at radius 3 is 3.00 bits per heavy atom. The average Bonchev–Trinajstić information content (AvgIpc) is 2.49. The number of nitrogens with zero attached hydrogens (tertiary/aromatic N) is 1. The fourth-order valence-electron chi connectivity index (χ4n) is 2.78. The lowest BCUT2D eigenvalue weighted by molar-refractivity contribution is 0.0661. The van der Waals surface area contributed by atoms with Crippen LogP contribution in [0.4, 0.5) is 4.39 Å². The van der Waals surface area contributed by atoms with Gasteiger partial charge in [0, 0.05) is 30.4 Å². The van der Waals surface area contributed by atoms with Crippen LogP contribution in [0.15, 0.2) is 18.2 Å². The third-order valence-electron chi connectivity index (χ3n) is 4.08. The molecule has 5 heteroatoms. The lowest BCUT2D eigenvalue weighted by Gasteiger charge is -2.34. The molecule has 2 rings (SSSR count). The second kappa shape index (κ2) is 7.27. The second-order valence-electron chi connectivity index (χ2n) is 5.75. The Hall–Kier alpha value is -1.07. The van der Waals surface area contributed by atoms with Crippen LogP contribution >= 0.6 is 11.8 Å². The maximum Gasteiger partial charge on any atom is 0.253 e. The van der Waals surface area contributed by atoms with Crippen LogP contribution in [-0.2, 0) is 5.75 Å². The number of carbonyl (C=O) groups excluding carboxylic acids is 1. The molecule has 0 aliphatic carbocycles. The van der Waals surface area contributed by atoms with Crippen molar-refractivity contribution in [2.45, 2.75) is 31.6 Å². The van der Waals surface area contributed by atoms with Crippen LogP contribution in [0, 0.1) is 11.7 Å². The van der Waals surface area contributed by atoms with Crippen LogP contribution in [-0.4, -0.2) is 36.2 Å². The number of thioether (sulfide) groups is 1. The van der Waals surface area contributed by atoms with Gasteiger partial charge in [-0.2, -0.15) is 11.8 Å². The number of nitrogens with two attached hydrogens (primary N) is 1. The van der Waals surface area contributed by atoms with Gasteiger partial charge in [-0.05, 0) is 55.7 Å². The Morgan fingerprint density at radius 1 is 1.57 bits per heavy atom. The SMILES string of the molecule is CSCc1cc(C(=O)N2CCC[C@H]([C@@H](C)N)C2)ccc1F. The number of rotatable bonds is 4. The molecule has 0 spiro atoms. The third-order valence-corrected chi connectivity index (χ3v) is 4.68. The van der Waals surface area contributed by atoms with Crippen LogP contribution in [0.5, 0.6) is 0 Å². The minimum absolute atomic E-state index is 0.0114. The van der Waals surface area contributed by atoms with Gasteiger partial charge in [0.1, 0.15) is 5.82 Å². The molecule has 0 unspecified atom stereocenters. The minimum Gasteiger partial charge on any atom is -0.338 e. The van der Waals surface area contributed by atoms with Crippen LogP contribution in [0.1, 0.15) is 35.7 Å². The lowest BCUT2D eigenvalue weighted by Crippen LogP contribution is -2.45. The van der Waals surface area contributed by atoms with Crippen molar-refractivity contribution in [2.75, 3.05) is 19.3 Å². The van der Waals surface area contributed by atoms with Crippen LogP contribution < -0.4 is 5.73 Å². The molecule has 1 saturated heterocycles. The third kappa shape index (κ3) is 3.98. The van der Waals surface area contributed by atoms with Gasteiger partial charge < -0.3 is 10.6 Å². The van der Waals surface area contributed by atoms with Crippen LogP contribution in [0.25, 0.3) is 0 Å². The zero-order valence-corrected chi connectivity index (χ0v) is 13.5. The molecule has 0 aromatic heterocycles. The predicted molar refractivity (Wildman–Crippen MR) is 85.9 cm³/mol. The molecule has 1 fully saturated rings. The summed E-state index contributed by atoms with van der Waals surface area (Å²) in [5, 5.41) is 0. The summed E-state index contributed by atoms with van der Waals surface area (Å²) in [5.74, 6) is 0.680. The minimum atomic E-state index is -0.243. The molecule has 21 heavy (non-hydrogen) atoms. The van der Waals surface area contributed by atoms with Gasteiger partial charge in [-0.3, -0.25) is 4.79 Å². The van der Waals surface area contributed by atoms with Gasteiger partial charge in [-0.25, -0.2) is 4.39 Å². The van der Waals surface area contributed by atoms with E-state index >= 15 is 0 Å². The van der Waals surface area contributed by atoms with E-state index in [0.29, 0.717) is 29.3 Å². The number of piperidine rings is 1. The van der Waals surface area contributed by atoms with Crippen molar-refractivity contribution in [2.24, 2.45) is 11.7 Å². The molecular formula is C16H23FN2OS. The number of halogens is 1. The van der Waals surface area contributed by atoms with Gasteiger partial charge in [0.15, 0.2) is 0 Å². The highest BCUT2D eigenvalue weighted by Crippen LogP contribution is 2.22. The first-order chi connectivity index (χ1) is 10.0. The Balaban J connectivity index is 2.14. The summed E-state index contributed by atoms with van der Waals surface area (Å²) in [5.41, 5.74) is 7.13. The first-order valence-corrected chi connectivity index (χ1v) is 8.74. The van der Waals surface area contributed by atoms with E-state index in [0.717, 1.165) is 19.4 Å². The quantitative estimate of drug-likeness (QED) is 0.930. The normalized spacial score (nSPS) is 20.4. The largest absolute Gasteiger partial charge is 0.338 e. The van der Waals surface area contributed by atoms with E-state index in [9.17, 15) is 9.18 Å². The fourth-order valence-corrected chi connectivity index (χ4v) is 3.31. The molecule has 2 atom stereocenters. The van der Waals surface area contributed by atoms with Crippen molar-refractivity contribution >= 4 is 17.7 Å². The molecule has 1 aromatic carbocycles. The standard InChI is InChI=1S/C16H23FN2OS/c1-11(18)13-4-3-7-19(9-13)16(20)12-5-6-15(17)14(8-12)10-21-2/h5-6,8,11,13H,3-4,7,9-10,18H2,1-2H3/t11-,13+/m1/s1. The van der Waals surface area contributed by atoms with E-state index in [1.165, 1.54) is 6.07 Å². The van der Waals surface area contributed by atoms with E-state index in [1.54, 1.807) is 23.9 Å². The predicted octanol–water partition coefficient (Wildman–Crippen LogP) is 2.89. The second-order valence-corrected chi connectivity index (χ2v) is 6.62. The van der Waals surface area contributed by atoms with Gasteiger partial charge in [-0.15, -0.1) is 0 Å². The number of carbonyl (C=O) groups is 1. The van der Waals surface area contributed by atoms with E-state index < -0.39 is 0 Å². The molecule has 3 nitrogen and oxygen atoms in total. The van der Waals surface area contributed by atoms with Crippen LogP contribution in [0.2, 0.25) is 0 Å². The summed E-state index contributed by atoms with van der Waals surface area (Å²) >= 11 is 1.55. The number of amides is 1. The van der Waals surface area contributed by atoms with Crippen molar-refractivity contribution in [1.82, 2.24) is 4.90 Å². The molecule has 1 aromatic rings. The average molecular weight is 310 g/mol. The molecule has 0 radical (unpaired) electrons. The Labute approximate surface area is 130 Å². The molecule has 0 bridgehead atoms. The molecule has 116 valence electrons. The highest BCUT2D eigenvalue weighted by molar-refractivity contribution is 7.97. The Kier molecular flexibility index (Phi) is 5.65. The first kappa shape index (κ1) is 16.3. The molecule has 1 heterocycles. The van der Waals surface area contributed by atoms with Gasteiger partial charge in [0.25, 0.3) is 5.91 Å². The molecule has 0 saturated carbocycles. The van der Waals surface area contributed by atoms with Gasteiger partial charge >= 0.3 is 0 Å². The van der Waals surface area contributed by atoms with Crippen molar-refractivity contribution in [3.63, 3.8) is 0 Å². The summed E-state index contributed by atoms with van der Waals surface area (Å²) in [4.78, 5) is 14.4. The monoisotopic (exact) mass is 310 g/mol. The number of hydrogen-bond donors (Lipinski definition) is 1. The van der Waals surface area contributed by atoms with E-state index in [1.807, 2.05) is 18.1 Å². The number of benzene rings is 1. The lowest BCUT2D eigenvalue weighted by atomic mass is 9.92. The maximum atomic E-state index is 13.7. The summed E-state index contributed by atoms with van der Waals surface area (Å²) in [6.45, 7) is 3.45. The van der Waals surface area contributed by atoms with Gasteiger partial charge in [0.2, 0.25) is 0 Å². The topological polar surface area (TPSA) is 46.3 Å². The molecular weight excluding hydrogens is 287 g/mol. The smallest absolute Gasteiger partial charge is 0.253 e. The zero-order chi connectivity index (χ0) is 15.4. The van der Waals surface area contributed by atoms with Gasteiger partial charge in [0.05, 0.1) is 0 Å². The Bertz CT molecular complexity index is 507. The zero-order valence-electron chi connectivity index (χ0n) is 12.6. The van der Waals surface area contributed by atoms with Crippen molar-refractivity contribution < 1.29 is 9.18 Å². The molecule has 2 N–H and O–H groups in total. The highest BCUT2D eigenvalue weighted by atomic mass is 32.2. The summed E-state index contributed by atoms with van der Waals surface area (Å²) < 4.78 is 13.7. The van der Waals surface area contributed by atoms with Crippen molar-refractivity contribution in [3.05, 3.63) is 35.1 Å².